The summed E-state index contributed by atoms with van der Waals surface area (Å²) < 4.78 is 5.49. The van der Waals surface area contributed by atoms with Crippen LogP contribution in [-0.4, -0.2) is 18.7 Å². The molecule has 72 valence electrons. The molecule has 3 nitrogen and oxygen atoms in total. The van der Waals surface area contributed by atoms with E-state index in [0.717, 1.165) is 12.8 Å². The molecule has 0 radical (unpaired) electrons. The van der Waals surface area contributed by atoms with Crippen molar-refractivity contribution in [3.05, 3.63) is 29.3 Å². The fraction of sp³-hybridized carbons (Fsp3) is 0.273. The third-order valence-corrected chi connectivity index (χ3v) is 2.05. The Bertz CT molecular complexity index is 341. The maximum atomic E-state index is 10.6. The molecule has 0 amide bonds. The minimum Gasteiger partial charge on any atom is -0.490 e. The van der Waals surface area contributed by atoms with Gasteiger partial charge in [-0.3, -0.25) is 9.59 Å². The molecule has 1 aromatic carbocycles. The highest BCUT2D eigenvalue weighted by Gasteiger charge is 2.23. The lowest BCUT2D eigenvalue weighted by Gasteiger charge is -2.05. The van der Waals surface area contributed by atoms with E-state index in [1.165, 1.54) is 0 Å². The van der Waals surface area contributed by atoms with E-state index in [-0.39, 0.29) is 6.10 Å². The lowest BCUT2D eigenvalue weighted by molar-refractivity contribution is 0.112. The first-order chi connectivity index (χ1) is 6.81. The van der Waals surface area contributed by atoms with Crippen LogP contribution in [0.2, 0.25) is 0 Å². The third kappa shape index (κ3) is 1.99. The molecule has 3 heteroatoms. The Hall–Kier alpha value is -1.64. The van der Waals surface area contributed by atoms with Gasteiger partial charge in [0.2, 0.25) is 0 Å². The Balaban J connectivity index is 2.27. The molecule has 1 aliphatic carbocycles. The molecule has 0 spiro atoms. The molecular weight excluding hydrogens is 180 g/mol. The lowest BCUT2D eigenvalue weighted by atomic mass is 10.1. The summed E-state index contributed by atoms with van der Waals surface area (Å²) in [7, 11) is 0. The van der Waals surface area contributed by atoms with E-state index in [4.69, 9.17) is 4.74 Å². The second kappa shape index (κ2) is 3.62. The summed E-state index contributed by atoms with van der Waals surface area (Å²) in [5, 5.41) is 0. The first-order valence-electron chi connectivity index (χ1n) is 4.54. The van der Waals surface area contributed by atoms with Gasteiger partial charge in [-0.25, -0.2) is 0 Å². The third-order valence-electron chi connectivity index (χ3n) is 2.05. The zero-order valence-electron chi connectivity index (χ0n) is 7.60. The standard InChI is InChI=1S/C11H10O3/c12-6-8-3-9(7-13)5-11(4-8)14-10-1-2-10/h3-7,10H,1-2H2. The maximum Gasteiger partial charge on any atom is 0.150 e. The first kappa shape index (κ1) is 8.94. The van der Waals surface area contributed by atoms with Gasteiger partial charge in [0.1, 0.15) is 18.3 Å². The van der Waals surface area contributed by atoms with Crippen molar-refractivity contribution < 1.29 is 14.3 Å². The molecule has 0 saturated heterocycles. The van der Waals surface area contributed by atoms with Crippen molar-refractivity contribution in [1.29, 1.82) is 0 Å². The average Bonchev–Trinajstić information content (AvgIpc) is 3.01. The molecule has 1 saturated carbocycles. The second-order valence-electron chi connectivity index (χ2n) is 3.39. The van der Waals surface area contributed by atoms with Crippen LogP contribution in [0.4, 0.5) is 0 Å². The Morgan fingerprint density at radius 2 is 1.64 bits per heavy atom. The summed E-state index contributed by atoms with van der Waals surface area (Å²) in [5.41, 5.74) is 0.954. The topological polar surface area (TPSA) is 43.4 Å². The van der Waals surface area contributed by atoms with Crippen molar-refractivity contribution in [2.24, 2.45) is 0 Å². The molecule has 0 aromatic heterocycles. The van der Waals surface area contributed by atoms with Gasteiger partial charge in [0.15, 0.2) is 0 Å². The van der Waals surface area contributed by atoms with Crippen LogP contribution >= 0.6 is 0 Å². The monoisotopic (exact) mass is 190 g/mol. The van der Waals surface area contributed by atoms with Crippen LogP contribution in [0.1, 0.15) is 33.6 Å². The van der Waals surface area contributed by atoms with Crippen molar-refractivity contribution in [2.45, 2.75) is 18.9 Å². The van der Waals surface area contributed by atoms with Gasteiger partial charge in [-0.05, 0) is 31.0 Å². The fourth-order valence-electron chi connectivity index (χ4n) is 1.23. The predicted octanol–water partition coefficient (Wildman–Crippen LogP) is 1.85. The minimum absolute atomic E-state index is 0.274. The summed E-state index contributed by atoms with van der Waals surface area (Å²) in [6.45, 7) is 0. The van der Waals surface area contributed by atoms with Crippen LogP contribution in [0.5, 0.6) is 5.75 Å². The molecule has 0 atom stereocenters. The Labute approximate surface area is 81.7 Å². The zero-order valence-corrected chi connectivity index (χ0v) is 7.60. The van der Waals surface area contributed by atoms with E-state index >= 15 is 0 Å². The molecule has 1 aromatic rings. The van der Waals surface area contributed by atoms with Crippen molar-refractivity contribution in [3.8, 4) is 5.75 Å². The van der Waals surface area contributed by atoms with Gasteiger partial charge in [-0.1, -0.05) is 0 Å². The van der Waals surface area contributed by atoms with E-state index in [2.05, 4.69) is 0 Å². The number of carbonyl (C=O) groups is 2. The number of hydrogen-bond donors (Lipinski definition) is 0. The SMILES string of the molecule is O=Cc1cc(C=O)cc(OC2CC2)c1. The molecule has 2 rings (SSSR count). The average molecular weight is 190 g/mol. The van der Waals surface area contributed by atoms with Gasteiger partial charge in [0.05, 0.1) is 6.10 Å². The summed E-state index contributed by atoms with van der Waals surface area (Å²) in [4.78, 5) is 21.1. The first-order valence-corrected chi connectivity index (χ1v) is 4.54. The molecule has 1 fully saturated rings. The van der Waals surface area contributed by atoms with Crippen molar-refractivity contribution in [2.75, 3.05) is 0 Å². The normalized spacial score (nSPS) is 14.9. The fourth-order valence-corrected chi connectivity index (χ4v) is 1.23. The molecule has 0 N–H and O–H groups in total. The van der Waals surface area contributed by atoms with Crippen molar-refractivity contribution >= 4 is 12.6 Å². The van der Waals surface area contributed by atoms with Crippen molar-refractivity contribution in [1.82, 2.24) is 0 Å². The van der Waals surface area contributed by atoms with Gasteiger partial charge in [-0.2, -0.15) is 0 Å². The Morgan fingerprint density at radius 1 is 1.07 bits per heavy atom. The maximum absolute atomic E-state index is 10.6. The predicted molar refractivity (Wildman–Crippen MR) is 50.9 cm³/mol. The highest BCUT2D eigenvalue weighted by Crippen LogP contribution is 2.27. The lowest BCUT2D eigenvalue weighted by Crippen LogP contribution is -1.97. The highest BCUT2D eigenvalue weighted by atomic mass is 16.5. The van der Waals surface area contributed by atoms with Crippen LogP contribution < -0.4 is 4.74 Å². The largest absolute Gasteiger partial charge is 0.490 e. The molecule has 0 bridgehead atoms. The smallest absolute Gasteiger partial charge is 0.150 e. The van der Waals surface area contributed by atoms with E-state index in [0.29, 0.717) is 29.4 Å². The van der Waals surface area contributed by atoms with Crippen LogP contribution in [0.15, 0.2) is 18.2 Å². The van der Waals surface area contributed by atoms with Crippen LogP contribution in [0.3, 0.4) is 0 Å². The van der Waals surface area contributed by atoms with Gasteiger partial charge in [-0.15, -0.1) is 0 Å². The minimum atomic E-state index is 0.274. The van der Waals surface area contributed by atoms with E-state index < -0.39 is 0 Å². The summed E-state index contributed by atoms with van der Waals surface area (Å²) >= 11 is 0. The Morgan fingerprint density at radius 3 is 2.07 bits per heavy atom. The van der Waals surface area contributed by atoms with Gasteiger partial charge < -0.3 is 4.74 Å². The molecule has 0 aliphatic heterocycles. The molecule has 1 aliphatic rings. The molecule has 0 unspecified atom stereocenters. The number of ether oxygens (including phenoxy) is 1. The van der Waals surface area contributed by atoms with Crippen molar-refractivity contribution in [3.63, 3.8) is 0 Å². The second-order valence-corrected chi connectivity index (χ2v) is 3.39. The van der Waals surface area contributed by atoms with Crippen LogP contribution in [0, 0.1) is 0 Å². The highest BCUT2D eigenvalue weighted by molar-refractivity contribution is 5.83. The number of aldehydes is 2. The van der Waals surface area contributed by atoms with E-state index in [1.807, 2.05) is 0 Å². The zero-order chi connectivity index (χ0) is 9.97. The number of carbonyl (C=O) groups excluding carboxylic acids is 2. The summed E-state index contributed by atoms with van der Waals surface area (Å²) in [6, 6.07) is 4.84. The van der Waals surface area contributed by atoms with Gasteiger partial charge in [0.25, 0.3) is 0 Å². The summed E-state index contributed by atoms with van der Waals surface area (Å²) in [6.07, 6.45) is 3.82. The van der Waals surface area contributed by atoms with Crippen LogP contribution in [0.25, 0.3) is 0 Å². The van der Waals surface area contributed by atoms with Crippen LogP contribution in [-0.2, 0) is 0 Å². The van der Waals surface area contributed by atoms with E-state index in [9.17, 15) is 9.59 Å². The van der Waals surface area contributed by atoms with Gasteiger partial charge in [0, 0.05) is 11.1 Å². The number of benzene rings is 1. The summed E-state index contributed by atoms with van der Waals surface area (Å²) in [5.74, 6) is 0.610. The molecule has 14 heavy (non-hydrogen) atoms. The number of hydrogen-bond acceptors (Lipinski definition) is 3. The molecule has 0 heterocycles. The quantitative estimate of drug-likeness (QED) is 0.680. The van der Waals surface area contributed by atoms with E-state index in [1.54, 1.807) is 18.2 Å². The molecular formula is C11H10O3. The number of rotatable bonds is 4. The van der Waals surface area contributed by atoms with Gasteiger partial charge >= 0.3 is 0 Å². The Kier molecular flexibility index (Phi) is 2.31.